The van der Waals surface area contributed by atoms with Crippen LogP contribution in [0.2, 0.25) is 0 Å². The Morgan fingerprint density at radius 2 is 2.16 bits per heavy atom. The fourth-order valence-corrected chi connectivity index (χ4v) is 2.80. The van der Waals surface area contributed by atoms with E-state index in [0.29, 0.717) is 12.1 Å². The number of hydrogen-bond donors (Lipinski definition) is 1. The molecule has 3 unspecified atom stereocenters. The standard InChI is InChI=1S/C15H25N3O/c1-5-15(4)13(7-14(15)19-6-2)18-10-12-9-16-11(3)8-17-12/h8-9,13-14,18H,5-7,10H2,1-4H3. The molecule has 0 aromatic carbocycles. The zero-order chi connectivity index (χ0) is 13.9. The van der Waals surface area contributed by atoms with Crippen LogP contribution in [-0.4, -0.2) is 28.7 Å². The van der Waals surface area contributed by atoms with E-state index in [0.717, 1.165) is 37.4 Å². The average Bonchev–Trinajstić information content (AvgIpc) is 2.43. The maximum absolute atomic E-state index is 5.81. The highest BCUT2D eigenvalue weighted by molar-refractivity contribution is 5.07. The molecule has 0 bridgehead atoms. The van der Waals surface area contributed by atoms with Gasteiger partial charge in [-0.3, -0.25) is 9.97 Å². The highest BCUT2D eigenvalue weighted by atomic mass is 16.5. The Bertz CT molecular complexity index is 406. The Kier molecular flexibility index (Phi) is 4.53. The third-order valence-corrected chi connectivity index (χ3v) is 4.48. The van der Waals surface area contributed by atoms with Crippen LogP contribution in [0, 0.1) is 12.3 Å². The Morgan fingerprint density at radius 3 is 2.74 bits per heavy atom. The second-order valence-electron chi connectivity index (χ2n) is 5.62. The third-order valence-electron chi connectivity index (χ3n) is 4.48. The monoisotopic (exact) mass is 263 g/mol. The molecule has 0 aliphatic heterocycles. The summed E-state index contributed by atoms with van der Waals surface area (Å²) in [7, 11) is 0. The van der Waals surface area contributed by atoms with Gasteiger partial charge in [0.2, 0.25) is 0 Å². The summed E-state index contributed by atoms with van der Waals surface area (Å²) in [6, 6.07) is 0.511. The number of hydrogen-bond acceptors (Lipinski definition) is 4. The molecule has 4 heteroatoms. The first-order valence-electron chi connectivity index (χ1n) is 7.22. The van der Waals surface area contributed by atoms with Crippen molar-refractivity contribution in [2.45, 2.75) is 59.2 Å². The van der Waals surface area contributed by atoms with Crippen molar-refractivity contribution in [2.75, 3.05) is 6.61 Å². The van der Waals surface area contributed by atoms with Crippen LogP contribution in [0.15, 0.2) is 12.4 Å². The summed E-state index contributed by atoms with van der Waals surface area (Å²) in [4.78, 5) is 8.66. The van der Waals surface area contributed by atoms with Crippen molar-refractivity contribution >= 4 is 0 Å². The van der Waals surface area contributed by atoms with Crippen molar-refractivity contribution in [1.82, 2.24) is 15.3 Å². The van der Waals surface area contributed by atoms with E-state index in [1.54, 1.807) is 0 Å². The van der Waals surface area contributed by atoms with E-state index in [1.165, 1.54) is 0 Å². The van der Waals surface area contributed by atoms with Gasteiger partial charge in [-0.15, -0.1) is 0 Å². The Labute approximate surface area is 116 Å². The molecule has 1 fully saturated rings. The normalized spacial score (nSPS) is 30.1. The van der Waals surface area contributed by atoms with Gasteiger partial charge in [-0.25, -0.2) is 0 Å². The lowest BCUT2D eigenvalue weighted by molar-refractivity contribution is -0.126. The van der Waals surface area contributed by atoms with E-state index in [-0.39, 0.29) is 5.41 Å². The Balaban J connectivity index is 1.88. The van der Waals surface area contributed by atoms with Crippen LogP contribution in [0.5, 0.6) is 0 Å². The van der Waals surface area contributed by atoms with Gasteiger partial charge in [0.25, 0.3) is 0 Å². The summed E-state index contributed by atoms with van der Waals surface area (Å²) < 4.78 is 5.81. The van der Waals surface area contributed by atoms with Gasteiger partial charge < -0.3 is 10.1 Å². The molecule has 0 spiro atoms. The molecule has 1 aliphatic rings. The van der Waals surface area contributed by atoms with Crippen molar-refractivity contribution in [1.29, 1.82) is 0 Å². The summed E-state index contributed by atoms with van der Waals surface area (Å²) in [5.74, 6) is 0. The summed E-state index contributed by atoms with van der Waals surface area (Å²) >= 11 is 0. The fourth-order valence-electron chi connectivity index (χ4n) is 2.80. The fraction of sp³-hybridized carbons (Fsp3) is 0.733. The first-order chi connectivity index (χ1) is 9.10. The molecule has 1 saturated carbocycles. The number of nitrogens with zero attached hydrogens (tertiary/aromatic N) is 2. The van der Waals surface area contributed by atoms with Gasteiger partial charge in [0.1, 0.15) is 0 Å². The molecule has 3 atom stereocenters. The molecule has 0 saturated heterocycles. The molecule has 1 aromatic rings. The third kappa shape index (κ3) is 2.95. The molecule has 0 radical (unpaired) electrons. The van der Waals surface area contributed by atoms with Crippen LogP contribution in [0.25, 0.3) is 0 Å². The van der Waals surface area contributed by atoms with Gasteiger partial charge in [0.05, 0.1) is 17.5 Å². The highest BCUT2D eigenvalue weighted by Gasteiger charge is 2.50. The lowest BCUT2D eigenvalue weighted by atomic mass is 9.61. The second kappa shape index (κ2) is 5.97. The smallest absolute Gasteiger partial charge is 0.0724 e. The molecule has 1 heterocycles. The quantitative estimate of drug-likeness (QED) is 0.856. The second-order valence-corrected chi connectivity index (χ2v) is 5.62. The van der Waals surface area contributed by atoms with Crippen molar-refractivity contribution < 1.29 is 4.74 Å². The van der Waals surface area contributed by atoms with E-state index in [9.17, 15) is 0 Å². The van der Waals surface area contributed by atoms with Gasteiger partial charge in [-0.05, 0) is 26.7 Å². The van der Waals surface area contributed by atoms with Crippen molar-refractivity contribution in [3.05, 3.63) is 23.8 Å². The Morgan fingerprint density at radius 1 is 1.37 bits per heavy atom. The van der Waals surface area contributed by atoms with Crippen LogP contribution in [-0.2, 0) is 11.3 Å². The largest absolute Gasteiger partial charge is 0.378 e. The average molecular weight is 263 g/mol. The number of aromatic nitrogens is 2. The Hall–Kier alpha value is -1.00. The number of aryl methyl sites for hydroxylation is 1. The number of rotatable bonds is 6. The van der Waals surface area contributed by atoms with Gasteiger partial charge >= 0.3 is 0 Å². The van der Waals surface area contributed by atoms with Crippen molar-refractivity contribution in [3.8, 4) is 0 Å². The molecular formula is C15H25N3O. The van der Waals surface area contributed by atoms with Crippen molar-refractivity contribution in [2.24, 2.45) is 5.41 Å². The highest BCUT2D eigenvalue weighted by Crippen LogP contribution is 2.45. The molecule has 1 aliphatic carbocycles. The zero-order valence-electron chi connectivity index (χ0n) is 12.4. The zero-order valence-corrected chi connectivity index (χ0v) is 12.4. The van der Waals surface area contributed by atoms with Crippen LogP contribution in [0.1, 0.15) is 45.0 Å². The van der Waals surface area contributed by atoms with Gasteiger partial charge in [-0.1, -0.05) is 13.8 Å². The maximum atomic E-state index is 5.81. The van der Waals surface area contributed by atoms with Crippen LogP contribution < -0.4 is 5.32 Å². The van der Waals surface area contributed by atoms with Gasteiger partial charge in [0.15, 0.2) is 0 Å². The molecule has 19 heavy (non-hydrogen) atoms. The number of ether oxygens (including phenoxy) is 1. The van der Waals surface area contributed by atoms with E-state index >= 15 is 0 Å². The van der Waals surface area contributed by atoms with Crippen LogP contribution in [0.4, 0.5) is 0 Å². The molecule has 0 amide bonds. The minimum atomic E-state index is 0.244. The summed E-state index contributed by atoms with van der Waals surface area (Å²) in [5, 5.41) is 3.60. The minimum absolute atomic E-state index is 0.244. The first-order valence-corrected chi connectivity index (χ1v) is 7.22. The number of nitrogens with one attached hydrogen (secondary N) is 1. The van der Waals surface area contributed by atoms with Gasteiger partial charge in [-0.2, -0.15) is 0 Å². The maximum Gasteiger partial charge on any atom is 0.0724 e. The predicted octanol–water partition coefficient (Wildman–Crippen LogP) is 2.47. The van der Waals surface area contributed by atoms with Crippen molar-refractivity contribution in [3.63, 3.8) is 0 Å². The lowest BCUT2D eigenvalue weighted by Gasteiger charge is -2.53. The topological polar surface area (TPSA) is 47.0 Å². The predicted molar refractivity (Wildman–Crippen MR) is 75.8 cm³/mol. The van der Waals surface area contributed by atoms with E-state index in [1.807, 2.05) is 19.3 Å². The molecule has 2 rings (SSSR count). The first kappa shape index (κ1) is 14.4. The van der Waals surface area contributed by atoms with E-state index in [4.69, 9.17) is 4.74 Å². The van der Waals surface area contributed by atoms with Crippen LogP contribution >= 0.6 is 0 Å². The van der Waals surface area contributed by atoms with E-state index in [2.05, 4.69) is 36.1 Å². The molecule has 106 valence electrons. The molecular weight excluding hydrogens is 238 g/mol. The molecule has 1 aromatic heterocycles. The molecule has 1 N–H and O–H groups in total. The summed E-state index contributed by atoms with van der Waals surface area (Å²) in [5.41, 5.74) is 2.21. The summed E-state index contributed by atoms with van der Waals surface area (Å²) in [6.45, 7) is 10.2. The minimum Gasteiger partial charge on any atom is -0.378 e. The summed E-state index contributed by atoms with van der Waals surface area (Å²) in [6.07, 6.45) is 6.29. The lowest BCUT2D eigenvalue weighted by Crippen LogP contribution is -2.62. The molecule has 4 nitrogen and oxygen atoms in total. The SMILES string of the molecule is CCOC1CC(NCc2cnc(C)cn2)C1(C)CC. The van der Waals surface area contributed by atoms with Crippen LogP contribution in [0.3, 0.4) is 0 Å². The van der Waals surface area contributed by atoms with E-state index < -0.39 is 0 Å². The van der Waals surface area contributed by atoms with Gasteiger partial charge in [0, 0.05) is 37.0 Å².